The average molecular weight is 486 g/mol. The van der Waals surface area contributed by atoms with E-state index in [2.05, 4.69) is 15.3 Å². The van der Waals surface area contributed by atoms with Crippen molar-refractivity contribution in [3.63, 3.8) is 0 Å². The summed E-state index contributed by atoms with van der Waals surface area (Å²) < 4.78 is 36.4. The number of methoxy groups -OCH3 is 1. The number of rotatable bonds is 10. The molecule has 1 amide bonds. The molecule has 0 unspecified atom stereocenters. The molecule has 1 heterocycles. The van der Waals surface area contributed by atoms with Gasteiger partial charge in [-0.3, -0.25) is 4.79 Å². The second-order valence-electron chi connectivity index (χ2n) is 7.53. The van der Waals surface area contributed by atoms with E-state index in [0.29, 0.717) is 29.4 Å². The molecule has 0 saturated carbocycles. The number of ether oxygens (including phenoxy) is 2. The van der Waals surface area contributed by atoms with Crippen molar-refractivity contribution >= 4 is 33.2 Å². The minimum absolute atomic E-state index is 0.0895. The standard InChI is InChI=1S/C23H27N5O5S/c1-15(29)27-18-5-7-19(8-6-18)34(30,31)11-3-10-33-21-13-16(4-9-20(21)32-2)12-17-14-26-23(25)28-22(17)24/h4-9,13-14H,3,10-12H2,1-2H3,(H,27,29)(H4,24,25,26,28). The molecule has 10 nitrogen and oxygen atoms in total. The Hall–Kier alpha value is -3.86. The first kappa shape index (κ1) is 24.8. The monoisotopic (exact) mass is 485 g/mol. The van der Waals surface area contributed by atoms with E-state index in [9.17, 15) is 13.2 Å². The molecule has 3 aromatic rings. The van der Waals surface area contributed by atoms with Crippen molar-refractivity contribution in [2.24, 2.45) is 0 Å². The first-order valence-electron chi connectivity index (χ1n) is 10.4. The van der Waals surface area contributed by atoms with E-state index in [4.69, 9.17) is 20.9 Å². The van der Waals surface area contributed by atoms with Crippen LogP contribution in [0.5, 0.6) is 11.5 Å². The number of hydrogen-bond donors (Lipinski definition) is 3. The second kappa shape index (κ2) is 10.8. The zero-order valence-corrected chi connectivity index (χ0v) is 19.8. The van der Waals surface area contributed by atoms with Crippen LogP contribution in [0.2, 0.25) is 0 Å². The van der Waals surface area contributed by atoms with E-state index >= 15 is 0 Å². The Morgan fingerprint density at radius 3 is 2.47 bits per heavy atom. The smallest absolute Gasteiger partial charge is 0.221 e. The maximum atomic E-state index is 12.6. The van der Waals surface area contributed by atoms with Gasteiger partial charge in [0.05, 0.1) is 24.4 Å². The Morgan fingerprint density at radius 2 is 1.82 bits per heavy atom. The Bertz CT molecular complexity index is 1260. The fraction of sp³-hybridized carbons (Fsp3) is 0.261. The predicted molar refractivity (Wildman–Crippen MR) is 130 cm³/mol. The molecule has 0 radical (unpaired) electrons. The highest BCUT2D eigenvalue weighted by molar-refractivity contribution is 7.91. The lowest BCUT2D eigenvalue weighted by atomic mass is 10.1. The minimum Gasteiger partial charge on any atom is -0.493 e. The van der Waals surface area contributed by atoms with Gasteiger partial charge in [-0.15, -0.1) is 0 Å². The topological polar surface area (TPSA) is 160 Å². The summed E-state index contributed by atoms with van der Waals surface area (Å²) in [6.45, 7) is 1.56. The van der Waals surface area contributed by atoms with Gasteiger partial charge in [-0.25, -0.2) is 13.4 Å². The van der Waals surface area contributed by atoms with Crippen LogP contribution in [0.15, 0.2) is 53.6 Å². The van der Waals surface area contributed by atoms with Crippen molar-refractivity contribution in [2.75, 3.05) is 36.3 Å². The van der Waals surface area contributed by atoms with Gasteiger partial charge < -0.3 is 26.3 Å². The van der Waals surface area contributed by atoms with Gasteiger partial charge in [-0.05, 0) is 48.4 Å². The quantitative estimate of drug-likeness (QED) is 0.366. The fourth-order valence-electron chi connectivity index (χ4n) is 3.23. The minimum atomic E-state index is -3.49. The molecule has 0 fully saturated rings. The number of anilines is 3. The van der Waals surface area contributed by atoms with Gasteiger partial charge in [0.15, 0.2) is 21.3 Å². The lowest BCUT2D eigenvalue weighted by Gasteiger charge is -2.13. The van der Waals surface area contributed by atoms with Gasteiger partial charge in [0.2, 0.25) is 11.9 Å². The van der Waals surface area contributed by atoms with Gasteiger partial charge in [0.25, 0.3) is 0 Å². The number of hydrogen-bond acceptors (Lipinski definition) is 9. The number of nitrogens with one attached hydrogen (secondary N) is 1. The molecule has 0 aliphatic heterocycles. The zero-order chi connectivity index (χ0) is 24.7. The van der Waals surface area contributed by atoms with Gasteiger partial charge in [0, 0.05) is 30.8 Å². The van der Waals surface area contributed by atoms with Crippen LogP contribution in [0, 0.1) is 0 Å². The Labute approximate surface area is 198 Å². The third kappa shape index (κ3) is 6.58. The van der Waals surface area contributed by atoms with Crippen molar-refractivity contribution in [3.05, 3.63) is 59.8 Å². The molecule has 1 aromatic heterocycles. The van der Waals surface area contributed by atoms with Crippen LogP contribution in [-0.4, -0.2) is 43.8 Å². The summed E-state index contributed by atoms with van der Waals surface area (Å²) in [5, 5.41) is 2.60. The Balaban J connectivity index is 1.61. The molecule has 0 saturated heterocycles. The van der Waals surface area contributed by atoms with Crippen molar-refractivity contribution in [1.82, 2.24) is 9.97 Å². The third-order valence-electron chi connectivity index (χ3n) is 4.89. The molecule has 0 spiro atoms. The van der Waals surface area contributed by atoms with E-state index in [1.165, 1.54) is 26.2 Å². The first-order valence-corrected chi connectivity index (χ1v) is 12.1. The molecule has 5 N–H and O–H groups in total. The Kier molecular flexibility index (Phi) is 7.90. The molecule has 34 heavy (non-hydrogen) atoms. The number of benzene rings is 2. The van der Waals surface area contributed by atoms with Crippen LogP contribution in [0.25, 0.3) is 0 Å². The van der Waals surface area contributed by atoms with E-state index < -0.39 is 9.84 Å². The molecular formula is C23H27N5O5S. The van der Waals surface area contributed by atoms with Crippen LogP contribution < -0.4 is 26.3 Å². The number of carbonyl (C=O) groups is 1. The molecule has 2 aromatic carbocycles. The third-order valence-corrected chi connectivity index (χ3v) is 6.70. The highest BCUT2D eigenvalue weighted by Gasteiger charge is 2.15. The van der Waals surface area contributed by atoms with Gasteiger partial charge in [-0.1, -0.05) is 6.07 Å². The van der Waals surface area contributed by atoms with Crippen molar-refractivity contribution in [3.8, 4) is 11.5 Å². The molecule has 3 rings (SSSR count). The number of nitrogens with two attached hydrogens (primary N) is 2. The highest BCUT2D eigenvalue weighted by Crippen LogP contribution is 2.29. The number of carbonyl (C=O) groups excluding carboxylic acids is 1. The molecule has 180 valence electrons. The predicted octanol–water partition coefficient (Wildman–Crippen LogP) is 2.44. The van der Waals surface area contributed by atoms with Crippen LogP contribution in [0.3, 0.4) is 0 Å². The molecular weight excluding hydrogens is 458 g/mol. The SMILES string of the molecule is COc1ccc(Cc2cnc(N)nc2N)cc1OCCCS(=O)(=O)c1ccc(NC(C)=O)cc1. The average Bonchev–Trinajstić information content (AvgIpc) is 2.79. The van der Waals surface area contributed by atoms with E-state index in [-0.39, 0.29) is 35.5 Å². The van der Waals surface area contributed by atoms with Crippen LogP contribution in [0.4, 0.5) is 17.5 Å². The van der Waals surface area contributed by atoms with Crippen LogP contribution >= 0.6 is 0 Å². The summed E-state index contributed by atoms with van der Waals surface area (Å²) >= 11 is 0. The molecule has 0 aliphatic rings. The number of aromatic nitrogens is 2. The van der Waals surface area contributed by atoms with E-state index in [1.54, 1.807) is 24.4 Å². The molecule has 11 heteroatoms. The second-order valence-corrected chi connectivity index (χ2v) is 9.64. The maximum Gasteiger partial charge on any atom is 0.221 e. The molecule has 0 aliphatic carbocycles. The highest BCUT2D eigenvalue weighted by atomic mass is 32.2. The maximum absolute atomic E-state index is 12.6. The number of nitrogen functional groups attached to an aromatic ring is 2. The van der Waals surface area contributed by atoms with Gasteiger partial charge in [0.1, 0.15) is 5.82 Å². The number of amides is 1. The first-order chi connectivity index (χ1) is 16.2. The van der Waals surface area contributed by atoms with E-state index in [1.807, 2.05) is 12.1 Å². The van der Waals surface area contributed by atoms with Crippen LogP contribution in [0.1, 0.15) is 24.5 Å². The molecule has 0 atom stereocenters. The summed E-state index contributed by atoms with van der Waals surface area (Å²) in [5.41, 5.74) is 13.6. The summed E-state index contributed by atoms with van der Waals surface area (Å²) in [5.74, 6) is 1.12. The summed E-state index contributed by atoms with van der Waals surface area (Å²) in [4.78, 5) is 19.2. The largest absolute Gasteiger partial charge is 0.493 e. The van der Waals surface area contributed by atoms with Gasteiger partial charge in [-0.2, -0.15) is 4.98 Å². The lowest BCUT2D eigenvalue weighted by Crippen LogP contribution is -2.11. The Morgan fingerprint density at radius 1 is 1.09 bits per heavy atom. The molecule has 0 bridgehead atoms. The number of nitrogens with zero attached hydrogens (tertiary/aromatic N) is 2. The van der Waals surface area contributed by atoms with Crippen molar-refractivity contribution in [1.29, 1.82) is 0 Å². The summed E-state index contributed by atoms with van der Waals surface area (Å²) in [6, 6.07) is 11.5. The van der Waals surface area contributed by atoms with Crippen molar-refractivity contribution in [2.45, 2.75) is 24.7 Å². The number of sulfone groups is 1. The van der Waals surface area contributed by atoms with Crippen LogP contribution in [-0.2, 0) is 21.1 Å². The normalized spacial score (nSPS) is 11.1. The lowest BCUT2D eigenvalue weighted by molar-refractivity contribution is -0.114. The van der Waals surface area contributed by atoms with E-state index in [0.717, 1.165) is 11.1 Å². The summed E-state index contributed by atoms with van der Waals surface area (Å²) in [6.07, 6.45) is 2.33. The summed E-state index contributed by atoms with van der Waals surface area (Å²) in [7, 11) is -1.96. The fourth-order valence-corrected chi connectivity index (χ4v) is 4.52. The van der Waals surface area contributed by atoms with Gasteiger partial charge >= 0.3 is 0 Å². The zero-order valence-electron chi connectivity index (χ0n) is 18.9. The van der Waals surface area contributed by atoms with Crippen molar-refractivity contribution < 1.29 is 22.7 Å².